The minimum atomic E-state index is -4.80. The molecule has 0 unspecified atom stereocenters. The Bertz CT molecular complexity index is 494. The van der Waals surface area contributed by atoms with Crippen molar-refractivity contribution in [3.63, 3.8) is 0 Å². The first-order valence-corrected chi connectivity index (χ1v) is 6.46. The molecule has 0 aliphatic heterocycles. The van der Waals surface area contributed by atoms with Gasteiger partial charge >= 0.3 is 6.36 Å². The number of halogens is 3. The molecule has 0 saturated carbocycles. The molecule has 1 aromatic carbocycles. The largest absolute Gasteiger partial charge is 0.573 e. The van der Waals surface area contributed by atoms with Crippen LogP contribution in [0.15, 0.2) is 29.2 Å². The van der Waals surface area contributed by atoms with Crippen molar-refractivity contribution in [3.8, 4) is 5.75 Å². The van der Waals surface area contributed by atoms with Gasteiger partial charge in [0, 0.05) is 6.04 Å². The molecule has 8 heteroatoms. The van der Waals surface area contributed by atoms with Gasteiger partial charge in [0.2, 0.25) is 10.0 Å². The van der Waals surface area contributed by atoms with E-state index < -0.39 is 22.1 Å². The van der Waals surface area contributed by atoms with Crippen LogP contribution in [-0.4, -0.2) is 20.8 Å². The number of nitrogens with one attached hydrogen (secondary N) is 1. The fraction of sp³-hybridized carbons (Fsp3) is 0.400. The van der Waals surface area contributed by atoms with E-state index in [1.54, 1.807) is 13.8 Å². The second-order valence-electron chi connectivity index (χ2n) is 3.80. The topological polar surface area (TPSA) is 55.4 Å². The van der Waals surface area contributed by atoms with Gasteiger partial charge < -0.3 is 4.74 Å². The van der Waals surface area contributed by atoms with Crippen LogP contribution in [0.2, 0.25) is 0 Å². The first-order valence-electron chi connectivity index (χ1n) is 4.98. The first-order chi connectivity index (χ1) is 8.10. The third-order valence-electron chi connectivity index (χ3n) is 1.76. The van der Waals surface area contributed by atoms with Gasteiger partial charge in [0.15, 0.2) is 0 Å². The number of benzene rings is 1. The molecule has 102 valence electrons. The molecule has 0 radical (unpaired) electrons. The van der Waals surface area contributed by atoms with Crippen LogP contribution < -0.4 is 9.46 Å². The quantitative estimate of drug-likeness (QED) is 0.922. The summed E-state index contributed by atoms with van der Waals surface area (Å²) in [6.45, 7) is 3.28. The minimum Gasteiger partial charge on any atom is -0.406 e. The zero-order valence-corrected chi connectivity index (χ0v) is 10.5. The fourth-order valence-electron chi connectivity index (χ4n) is 1.20. The predicted octanol–water partition coefficient (Wildman–Crippen LogP) is 2.27. The van der Waals surface area contributed by atoms with Crippen LogP contribution in [0.3, 0.4) is 0 Å². The summed E-state index contributed by atoms with van der Waals surface area (Å²) in [4.78, 5) is -0.120. The van der Waals surface area contributed by atoms with Crippen LogP contribution in [0.25, 0.3) is 0 Å². The summed E-state index contributed by atoms with van der Waals surface area (Å²) in [7, 11) is -3.71. The van der Waals surface area contributed by atoms with E-state index in [1.165, 1.54) is 0 Å². The van der Waals surface area contributed by atoms with E-state index in [2.05, 4.69) is 9.46 Å². The number of ether oxygens (including phenoxy) is 1. The Morgan fingerprint density at radius 1 is 1.17 bits per heavy atom. The third-order valence-corrected chi connectivity index (χ3v) is 3.43. The van der Waals surface area contributed by atoms with Gasteiger partial charge in [0.1, 0.15) is 5.75 Å². The number of hydrogen-bond donors (Lipinski definition) is 1. The number of rotatable bonds is 4. The predicted molar refractivity (Wildman–Crippen MR) is 58.6 cm³/mol. The second kappa shape index (κ2) is 5.15. The van der Waals surface area contributed by atoms with Crippen molar-refractivity contribution in [2.75, 3.05) is 0 Å². The highest BCUT2D eigenvalue weighted by Crippen LogP contribution is 2.23. The molecule has 1 N–H and O–H groups in total. The van der Waals surface area contributed by atoms with Crippen molar-refractivity contribution in [2.45, 2.75) is 31.1 Å². The molecule has 0 aromatic heterocycles. The fourth-order valence-corrected chi connectivity index (χ4v) is 2.45. The van der Waals surface area contributed by atoms with Crippen molar-refractivity contribution in [2.24, 2.45) is 0 Å². The van der Waals surface area contributed by atoms with E-state index in [1.807, 2.05) is 0 Å². The van der Waals surface area contributed by atoms with E-state index in [0.717, 1.165) is 24.3 Å². The maximum Gasteiger partial charge on any atom is 0.573 e. The third kappa shape index (κ3) is 4.53. The van der Waals surface area contributed by atoms with Crippen LogP contribution in [0.5, 0.6) is 5.75 Å². The van der Waals surface area contributed by atoms with Gasteiger partial charge in [-0.05, 0) is 38.1 Å². The molecule has 0 aliphatic rings. The van der Waals surface area contributed by atoms with Crippen molar-refractivity contribution >= 4 is 10.0 Å². The Hall–Kier alpha value is -1.28. The maximum atomic E-state index is 11.9. The maximum absolute atomic E-state index is 11.9. The van der Waals surface area contributed by atoms with E-state index >= 15 is 0 Å². The lowest BCUT2D eigenvalue weighted by molar-refractivity contribution is -0.274. The van der Waals surface area contributed by atoms with Crippen molar-refractivity contribution in [1.82, 2.24) is 4.72 Å². The zero-order chi connectivity index (χ0) is 14.0. The van der Waals surface area contributed by atoms with Gasteiger partial charge in [0.05, 0.1) is 4.90 Å². The monoisotopic (exact) mass is 283 g/mol. The molecule has 0 fully saturated rings. The zero-order valence-electron chi connectivity index (χ0n) is 9.65. The lowest BCUT2D eigenvalue weighted by Gasteiger charge is -2.11. The number of sulfonamides is 1. The molecule has 1 rings (SSSR count). The molecule has 0 spiro atoms. The highest BCUT2D eigenvalue weighted by molar-refractivity contribution is 7.89. The van der Waals surface area contributed by atoms with Crippen molar-refractivity contribution < 1.29 is 26.3 Å². The highest BCUT2D eigenvalue weighted by Gasteiger charge is 2.31. The standard InChI is InChI=1S/C10H12F3NO3S/c1-7(2)14-18(15,16)9-5-3-8(4-6-9)17-10(11,12)13/h3-7,14H,1-2H3. The normalized spacial score (nSPS) is 12.8. The van der Waals surface area contributed by atoms with Crippen molar-refractivity contribution in [1.29, 1.82) is 0 Å². The summed E-state index contributed by atoms with van der Waals surface area (Å²) in [5, 5.41) is 0. The lowest BCUT2D eigenvalue weighted by atomic mass is 10.3. The summed E-state index contributed by atoms with van der Waals surface area (Å²) in [5.74, 6) is -0.467. The summed E-state index contributed by atoms with van der Waals surface area (Å²) in [5.41, 5.74) is 0. The van der Waals surface area contributed by atoms with Gasteiger partial charge in [-0.3, -0.25) is 0 Å². The summed E-state index contributed by atoms with van der Waals surface area (Å²) < 4.78 is 65.0. The van der Waals surface area contributed by atoms with E-state index in [0.29, 0.717) is 0 Å². The molecule has 0 heterocycles. The summed E-state index contributed by atoms with van der Waals surface area (Å²) in [6.07, 6.45) is -4.80. The molecule has 1 aromatic rings. The van der Waals surface area contributed by atoms with E-state index in [-0.39, 0.29) is 10.9 Å². The molecular formula is C10H12F3NO3S. The molecule has 0 atom stereocenters. The Kier molecular flexibility index (Phi) is 4.23. The van der Waals surface area contributed by atoms with Crippen LogP contribution in [-0.2, 0) is 10.0 Å². The number of alkyl halides is 3. The Morgan fingerprint density at radius 3 is 2.06 bits per heavy atom. The van der Waals surface area contributed by atoms with E-state index in [9.17, 15) is 21.6 Å². The molecule has 18 heavy (non-hydrogen) atoms. The summed E-state index contributed by atoms with van der Waals surface area (Å²) in [6, 6.07) is 3.68. The molecule has 0 aliphatic carbocycles. The van der Waals surface area contributed by atoms with Gasteiger partial charge in [-0.1, -0.05) is 0 Å². The Labute approximate surface area is 103 Å². The minimum absolute atomic E-state index is 0.120. The van der Waals surface area contributed by atoms with Gasteiger partial charge in [-0.15, -0.1) is 13.2 Å². The molecular weight excluding hydrogens is 271 g/mol. The average molecular weight is 283 g/mol. The van der Waals surface area contributed by atoms with Gasteiger partial charge in [-0.25, -0.2) is 13.1 Å². The molecule has 4 nitrogen and oxygen atoms in total. The van der Waals surface area contributed by atoms with Gasteiger partial charge in [-0.2, -0.15) is 0 Å². The molecule has 0 bridgehead atoms. The average Bonchev–Trinajstić information content (AvgIpc) is 2.13. The smallest absolute Gasteiger partial charge is 0.406 e. The Morgan fingerprint density at radius 2 is 1.67 bits per heavy atom. The Balaban J connectivity index is 2.90. The van der Waals surface area contributed by atoms with Crippen LogP contribution >= 0.6 is 0 Å². The summed E-state index contributed by atoms with van der Waals surface area (Å²) >= 11 is 0. The lowest BCUT2D eigenvalue weighted by Crippen LogP contribution is -2.30. The molecule has 0 saturated heterocycles. The van der Waals surface area contributed by atoms with Gasteiger partial charge in [0.25, 0.3) is 0 Å². The number of hydrogen-bond acceptors (Lipinski definition) is 3. The first kappa shape index (κ1) is 14.8. The van der Waals surface area contributed by atoms with Crippen LogP contribution in [0, 0.1) is 0 Å². The highest BCUT2D eigenvalue weighted by atomic mass is 32.2. The van der Waals surface area contributed by atoms with Crippen molar-refractivity contribution in [3.05, 3.63) is 24.3 Å². The molecule has 0 amide bonds. The van der Waals surface area contributed by atoms with Crippen LogP contribution in [0.4, 0.5) is 13.2 Å². The SMILES string of the molecule is CC(C)NS(=O)(=O)c1ccc(OC(F)(F)F)cc1. The van der Waals surface area contributed by atoms with Crippen LogP contribution in [0.1, 0.15) is 13.8 Å². The second-order valence-corrected chi connectivity index (χ2v) is 5.51. The van der Waals surface area contributed by atoms with E-state index in [4.69, 9.17) is 0 Å².